The van der Waals surface area contributed by atoms with Crippen molar-refractivity contribution in [1.82, 2.24) is 24.3 Å². The Hall–Kier alpha value is -5.13. The van der Waals surface area contributed by atoms with Gasteiger partial charge in [0, 0.05) is 30.8 Å². The number of ether oxygens (including phenoxy) is 1. The molecule has 3 heterocycles. The number of primary amides is 1. The number of aromatic nitrogens is 5. The number of anilines is 2. The van der Waals surface area contributed by atoms with Crippen molar-refractivity contribution in [1.29, 1.82) is 0 Å². The predicted octanol–water partition coefficient (Wildman–Crippen LogP) is 4.39. The van der Waals surface area contributed by atoms with Crippen LogP contribution in [0.1, 0.15) is 45.4 Å². The van der Waals surface area contributed by atoms with Crippen molar-refractivity contribution in [2.75, 3.05) is 24.3 Å². The number of nitrogens with one attached hydrogen (secondary N) is 2. The van der Waals surface area contributed by atoms with E-state index in [9.17, 15) is 9.59 Å². The molecular weight excluding hydrogens is 524 g/mol. The number of fused-ring (bicyclic) bond motifs is 1. The summed E-state index contributed by atoms with van der Waals surface area (Å²) in [6, 6.07) is 13.3. The van der Waals surface area contributed by atoms with Gasteiger partial charge in [0.25, 0.3) is 11.9 Å². The van der Waals surface area contributed by atoms with Crippen molar-refractivity contribution in [2.45, 2.75) is 40.3 Å². The van der Waals surface area contributed by atoms with Crippen LogP contribution in [0.15, 0.2) is 53.1 Å². The van der Waals surface area contributed by atoms with E-state index in [1.54, 1.807) is 29.1 Å². The Morgan fingerprint density at radius 1 is 1.15 bits per heavy atom. The molecule has 212 valence electrons. The molecule has 0 aliphatic rings. The minimum Gasteiger partial charge on any atom is -0.494 e. The Morgan fingerprint density at radius 3 is 2.68 bits per heavy atom. The fraction of sp³-hybridized carbons (Fsp3) is 0.276. The summed E-state index contributed by atoms with van der Waals surface area (Å²) in [5, 5.41) is 10.5. The molecule has 0 fully saturated rings. The normalized spacial score (nSPS) is 11.1. The van der Waals surface area contributed by atoms with Crippen LogP contribution in [0.4, 0.5) is 12.0 Å². The highest BCUT2D eigenvalue weighted by molar-refractivity contribution is 6.04. The van der Waals surface area contributed by atoms with Crippen LogP contribution < -0.4 is 21.1 Å². The van der Waals surface area contributed by atoms with Gasteiger partial charge in [-0.3, -0.25) is 19.6 Å². The van der Waals surface area contributed by atoms with E-state index in [-0.39, 0.29) is 11.5 Å². The Bertz CT molecular complexity index is 1730. The number of oxazole rings is 1. The second-order valence-electron chi connectivity index (χ2n) is 9.56. The van der Waals surface area contributed by atoms with Crippen LogP contribution in [0.5, 0.6) is 5.75 Å². The molecule has 4 N–H and O–H groups in total. The molecule has 0 spiro atoms. The number of hydrogen-bond acceptors (Lipinski definition) is 8. The zero-order chi connectivity index (χ0) is 29.1. The number of nitrogens with zero attached hydrogens (tertiary/aromatic N) is 5. The third kappa shape index (κ3) is 5.62. The van der Waals surface area contributed by atoms with Crippen LogP contribution in [0.25, 0.3) is 22.4 Å². The number of hydrogen-bond donors (Lipinski definition) is 3. The molecule has 5 aromatic rings. The Balaban J connectivity index is 1.39. The van der Waals surface area contributed by atoms with Crippen molar-refractivity contribution in [3.05, 3.63) is 71.2 Å². The molecule has 12 heteroatoms. The van der Waals surface area contributed by atoms with Crippen LogP contribution in [-0.4, -0.2) is 49.8 Å². The summed E-state index contributed by atoms with van der Waals surface area (Å²) in [4.78, 5) is 34.2. The highest BCUT2D eigenvalue weighted by Crippen LogP contribution is 2.31. The first-order valence-electron chi connectivity index (χ1n) is 13.3. The SMILES string of the molecule is CCn1nc(C)cc1C(=O)Nc1nc2cc(C(N)=O)cc(OC)c2n1CCCNc1ncc(-c2ccccc2C)o1. The number of rotatable bonds is 11. The minimum atomic E-state index is -0.604. The lowest BCUT2D eigenvalue weighted by Crippen LogP contribution is -2.20. The molecule has 3 aromatic heterocycles. The molecule has 0 unspecified atom stereocenters. The van der Waals surface area contributed by atoms with E-state index in [4.69, 9.17) is 14.9 Å². The first-order valence-corrected chi connectivity index (χ1v) is 13.3. The zero-order valence-electron chi connectivity index (χ0n) is 23.4. The Morgan fingerprint density at radius 2 is 1.95 bits per heavy atom. The van der Waals surface area contributed by atoms with Gasteiger partial charge in [-0.05, 0) is 51.0 Å². The number of benzene rings is 2. The van der Waals surface area contributed by atoms with Crippen LogP contribution in [0, 0.1) is 13.8 Å². The number of carbonyl (C=O) groups is 2. The summed E-state index contributed by atoms with van der Waals surface area (Å²) >= 11 is 0. The fourth-order valence-corrected chi connectivity index (χ4v) is 4.74. The summed E-state index contributed by atoms with van der Waals surface area (Å²) in [5.74, 6) is 0.465. The quantitative estimate of drug-likeness (QED) is 0.202. The summed E-state index contributed by atoms with van der Waals surface area (Å²) in [7, 11) is 1.51. The maximum absolute atomic E-state index is 13.3. The molecule has 0 bridgehead atoms. The van der Waals surface area contributed by atoms with Gasteiger partial charge in [0.05, 0.1) is 24.5 Å². The highest BCUT2D eigenvalue weighted by Gasteiger charge is 2.21. The van der Waals surface area contributed by atoms with E-state index in [0.29, 0.717) is 66.3 Å². The number of methoxy groups -OCH3 is 1. The number of aryl methyl sites for hydroxylation is 4. The minimum absolute atomic E-state index is 0.256. The van der Waals surface area contributed by atoms with Gasteiger partial charge in [-0.1, -0.05) is 24.3 Å². The molecule has 0 saturated heterocycles. The van der Waals surface area contributed by atoms with Crippen LogP contribution in [0.2, 0.25) is 0 Å². The lowest BCUT2D eigenvalue weighted by molar-refractivity contribution is 0.0995. The number of nitrogens with two attached hydrogens (primary N) is 1. The second-order valence-corrected chi connectivity index (χ2v) is 9.56. The van der Waals surface area contributed by atoms with Crippen LogP contribution in [0.3, 0.4) is 0 Å². The molecule has 41 heavy (non-hydrogen) atoms. The molecule has 0 radical (unpaired) electrons. The van der Waals surface area contributed by atoms with Crippen LogP contribution >= 0.6 is 0 Å². The highest BCUT2D eigenvalue weighted by atomic mass is 16.5. The van der Waals surface area contributed by atoms with Gasteiger partial charge < -0.3 is 24.8 Å². The number of carbonyl (C=O) groups excluding carboxylic acids is 2. The van der Waals surface area contributed by atoms with E-state index in [2.05, 4.69) is 25.7 Å². The maximum Gasteiger partial charge on any atom is 0.295 e. The standard InChI is InChI=1S/C29H32N8O4/c1-5-37-22(13-18(3)35-37)27(39)34-28-33-21-14-19(26(30)38)15-23(40-4)25(21)36(28)12-8-11-31-29-32-16-24(41-29)20-10-7-6-9-17(20)2/h6-7,9-10,13-16H,5,8,11-12H2,1-4H3,(H2,30,38)(H,31,32)(H,33,34,39). The number of imidazole rings is 1. The lowest BCUT2D eigenvalue weighted by atomic mass is 10.1. The molecule has 0 aliphatic heterocycles. The van der Waals surface area contributed by atoms with Gasteiger partial charge in [0.1, 0.15) is 17.0 Å². The molecule has 0 atom stereocenters. The van der Waals surface area contributed by atoms with Crippen molar-refractivity contribution in [3.8, 4) is 17.1 Å². The third-order valence-electron chi connectivity index (χ3n) is 6.72. The largest absolute Gasteiger partial charge is 0.494 e. The first kappa shape index (κ1) is 27.4. The van der Waals surface area contributed by atoms with Crippen molar-refractivity contribution < 1.29 is 18.7 Å². The van der Waals surface area contributed by atoms with E-state index in [1.807, 2.05) is 49.6 Å². The first-order chi connectivity index (χ1) is 19.8. The van der Waals surface area contributed by atoms with Gasteiger partial charge in [-0.2, -0.15) is 5.10 Å². The maximum atomic E-state index is 13.3. The third-order valence-corrected chi connectivity index (χ3v) is 6.72. The average molecular weight is 557 g/mol. The number of amides is 2. The van der Waals surface area contributed by atoms with E-state index >= 15 is 0 Å². The van der Waals surface area contributed by atoms with E-state index in [0.717, 1.165) is 16.8 Å². The van der Waals surface area contributed by atoms with Crippen molar-refractivity contribution in [3.63, 3.8) is 0 Å². The fourth-order valence-electron chi connectivity index (χ4n) is 4.74. The summed E-state index contributed by atoms with van der Waals surface area (Å²) in [6.07, 6.45) is 2.33. The van der Waals surface area contributed by atoms with Gasteiger partial charge >= 0.3 is 0 Å². The molecular formula is C29H32N8O4. The molecule has 0 saturated carbocycles. The second kappa shape index (κ2) is 11.5. The van der Waals surface area contributed by atoms with Gasteiger partial charge in [0.2, 0.25) is 11.9 Å². The molecule has 2 amide bonds. The molecule has 12 nitrogen and oxygen atoms in total. The summed E-state index contributed by atoms with van der Waals surface area (Å²) < 4.78 is 15.0. The van der Waals surface area contributed by atoms with Crippen molar-refractivity contribution in [2.24, 2.45) is 5.73 Å². The van der Waals surface area contributed by atoms with E-state index < -0.39 is 5.91 Å². The molecule has 0 aliphatic carbocycles. The van der Waals surface area contributed by atoms with Gasteiger partial charge in [0.15, 0.2) is 5.76 Å². The summed E-state index contributed by atoms with van der Waals surface area (Å²) in [6.45, 7) is 7.31. The summed E-state index contributed by atoms with van der Waals surface area (Å²) in [5.41, 5.74) is 10.1. The molecule has 5 rings (SSSR count). The predicted molar refractivity (Wildman–Crippen MR) is 155 cm³/mol. The monoisotopic (exact) mass is 556 g/mol. The van der Waals surface area contributed by atoms with Gasteiger partial charge in [-0.15, -0.1) is 0 Å². The van der Waals surface area contributed by atoms with Crippen LogP contribution in [-0.2, 0) is 13.1 Å². The Kier molecular flexibility index (Phi) is 7.72. The topological polar surface area (TPSA) is 155 Å². The smallest absolute Gasteiger partial charge is 0.295 e. The molecule has 2 aromatic carbocycles. The van der Waals surface area contributed by atoms with Crippen molar-refractivity contribution >= 4 is 34.8 Å². The Labute approximate surface area is 236 Å². The zero-order valence-corrected chi connectivity index (χ0v) is 23.4. The lowest BCUT2D eigenvalue weighted by Gasteiger charge is -2.13. The van der Waals surface area contributed by atoms with Gasteiger partial charge in [-0.25, -0.2) is 9.97 Å². The average Bonchev–Trinajstić information content (AvgIpc) is 3.67. The van der Waals surface area contributed by atoms with E-state index in [1.165, 1.54) is 7.11 Å².